The summed E-state index contributed by atoms with van der Waals surface area (Å²) < 4.78 is 0. The highest BCUT2D eigenvalue weighted by molar-refractivity contribution is 5.79. The third-order valence-electron chi connectivity index (χ3n) is 3.19. The monoisotopic (exact) mass is 212 g/mol. The first kappa shape index (κ1) is 10.3. The maximum Gasteiger partial charge on any atom is 0.318 e. The van der Waals surface area contributed by atoms with Crippen molar-refractivity contribution < 1.29 is 14.7 Å². The van der Waals surface area contributed by atoms with Gasteiger partial charge < -0.3 is 15.3 Å². The minimum absolute atomic E-state index is 0.0228. The van der Waals surface area contributed by atoms with Gasteiger partial charge in [0.2, 0.25) is 0 Å². The van der Waals surface area contributed by atoms with Crippen LogP contribution in [0.2, 0.25) is 0 Å². The lowest BCUT2D eigenvalue weighted by atomic mass is 10.2. The molecule has 0 spiro atoms. The molecule has 84 valence electrons. The van der Waals surface area contributed by atoms with Gasteiger partial charge in [-0.3, -0.25) is 4.79 Å². The average Bonchev–Trinajstić information content (AvgIpc) is 2.72. The fraction of sp³-hybridized carbons (Fsp3) is 0.800. The second kappa shape index (κ2) is 4.08. The van der Waals surface area contributed by atoms with E-state index in [-0.39, 0.29) is 18.5 Å². The van der Waals surface area contributed by atoms with Crippen LogP contribution in [0.15, 0.2) is 0 Å². The summed E-state index contributed by atoms with van der Waals surface area (Å²) in [5, 5.41) is 11.4. The van der Waals surface area contributed by atoms with Gasteiger partial charge >= 0.3 is 12.0 Å². The van der Waals surface area contributed by atoms with Crippen molar-refractivity contribution in [1.29, 1.82) is 0 Å². The van der Waals surface area contributed by atoms with Crippen molar-refractivity contribution in [2.24, 2.45) is 0 Å². The molecule has 1 atom stereocenters. The molecule has 0 aromatic rings. The van der Waals surface area contributed by atoms with Crippen molar-refractivity contribution in [3.63, 3.8) is 0 Å². The number of nitrogens with one attached hydrogen (secondary N) is 1. The van der Waals surface area contributed by atoms with Crippen LogP contribution < -0.4 is 5.32 Å². The number of urea groups is 1. The largest absolute Gasteiger partial charge is 0.481 e. The minimum atomic E-state index is -0.853. The van der Waals surface area contributed by atoms with E-state index in [0.717, 1.165) is 12.8 Å². The number of aliphatic carboxylic acids is 1. The SMILES string of the molecule is O=C(O)CC1CN(C2CCCC2)C(=O)N1. The van der Waals surface area contributed by atoms with Gasteiger partial charge in [0.05, 0.1) is 12.5 Å². The highest BCUT2D eigenvalue weighted by Gasteiger charge is 2.35. The summed E-state index contributed by atoms with van der Waals surface area (Å²) in [6.07, 6.45) is 4.51. The second-order valence-electron chi connectivity index (χ2n) is 4.33. The number of nitrogens with zero attached hydrogens (tertiary/aromatic N) is 1. The molecule has 2 aliphatic rings. The van der Waals surface area contributed by atoms with E-state index in [9.17, 15) is 9.59 Å². The summed E-state index contributed by atoms with van der Waals surface area (Å²) in [7, 11) is 0. The lowest BCUT2D eigenvalue weighted by Gasteiger charge is -2.22. The molecule has 1 heterocycles. The predicted octanol–water partition coefficient (Wildman–Crippen LogP) is 0.798. The summed E-state index contributed by atoms with van der Waals surface area (Å²) in [6.45, 7) is 0.551. The van der Waals surface area contributed by atoms with Crippen LogP contribution in [0.25, 0.3) is 0 Å². The van der Waals surface area contributed by atoms with Crippen molar-refractivity contribution in [2.75, 3.05) is 6.54 Å². The molecule has 1 unspecified atom stereocenters. The molecule has 1 aliphatic carbocycles. The zero-order chi connectivity index (χ0) is 10.8. The molecule has 0 aromatic carbocycles. The highest BCUT2D eigenvalue weighted by Crippen LogP contribution is 2.25. The Morgan fingerprint density at radius 2 is 2.13 bits per heavy atom. The lowest BCUT2D eigenvalue weighted by Crippen LogP contribution is -2.36. The molecule has 2 amide bonds. The van der Waals surface area contributed by atoms with Crippen LogP contribution in [0.4, 0.5) is 4.79 Å². The van der Waals surface area contributed by atoms with Gasteiger partial charge in [0.25, 0.3) is 0 Å². The normalized spacial score (nSPS) is 27.1. The number of carbonyl (C=O) groups is 2. The van der Waals surface area contributed by atoms with Crippen molar-refractivity contribution in [3.05, 3.63) is 0 Å². The maximum absolute atomic E-state index is 11.6. The van der Waals surface area contributed by atoms with Gasteiger partial charge in [-0.1, -0.05) is 12.8 Å². The molecule has 0 aromatic heterocycles. The Balaban J connectivity index is 1.91. The summed E-state index contributed by atoms with van der Waals surface area (Å²) in [5.41, 5.74) is 0. The molecule has 1 saturated carbocycles. The number of rotatable bonds is 3. The molecule has 0 bridgehead atoms. The number of carboxylic acids is 1. The molecule has 2 N–H and O–H groups in total. The topological polar surface area (TPSA) is 69.6 Å². The lowest BCUT2D eigenvalue weighted by molar-refractivity contribution is -0.137. The molecule has 2 fully saturated rings. The summed E-state index contributed by atoms with van der Waals surface area (Å²) in [6, 6.07) is 0.0348. The molecular formula is C10H16N2O3. The van der Waals surface area contributed by atoms with Gasteiger partial charge in [0.15, 0.2) is 0 Å². The van der Waals surface area contributed by atoms with Crippen LogP contribution >= 0.6 is 0 Å². The van der Waals surface area contributed by atoms with Crippen molar-refractivity contribution in [3.8, 4) is 0 Å². The first-order valence-corrected chi connectivity index (χ1v) is 5.46. The Morgan fingerprint density at radius 1 is 1.47 bits per heavy atom. The molecule has 5 nitrogen and oxygen atoms in total. The molecule has 2 rings (SSSR count). The highest BCUT2D eigenvalue weighted by atomic mass is 16.4. The van der Waals surface area contributed by atoms with Crippen molar-refractivity contribution >= 4 is 12.0 Å². The van der Waals surface area contributed by atoms with E-state index in [0.29, 0.717) is 12.6 Å². The van der Waals surface area contributed by atoms with Crippen molar-refractivity contribution in [1.82, 2.24) is 10.2 Å². The van der Waals surface area contributed by atoms with Crippen molar-refractivity contribution in [2.45, 2.75) is 44.2 Å². The van der Waals surface area contributed by atoms with E-state index in [4.69, 9.17) is 5.11 Å². The Morgan fingerprint density at radius 3 is 2.73 bits per heavy atom. The maximum atomic E-state index is 11.6. The summed E-state index contributed by atoms with van der Waals surface area (Å²) >= 11 is 0. The third kappa shape index (κ3) is 2.22. The van der Waals surface area contributed by atoms with E-state index in [2.05, 4.69) is 5.32 Å². The third-order valence-corrected chi connectivity index (χ3v) is 3.19. The Bertz CT molecular complexity index is 274. The standard InChI is InChI=1S/C10H16N2O3/c13-9(14)5-7-6-12(10(15)11-7)8-3-1-2-4-8/h7-8H,1-6H2,(H,11,15)(H,13,14). The number of hydrogen-bond acceptors (Lipinski definition) is 2. The molecular weight excluding hydrogens is 196 g/mol. The Hall–Kier alpha value is -1.26. The van der Waals surface area contributed by atoms with E-state index in [1.54, 1.807) is 4.90 Å². The Labute approximate surface area is 88.4 Å². The number of carbonyl (C=O) groups excluding carboxylic acids is 1. The van der Waals surface area contributed by atoms with E-state index < -0.39 is 5.97 Å². The first-order chi connectivity index (χ1) is 7.16. The molecule has 15 heavy (non-hydrogen) atoms. The van der Waals surface area contributed by atoms with Gasteiger partial charge in [-0.2, -0.15) is 0 Å². The van der Waals surface area contributed by atoms with Crippen LogP contribution in [-0.2, 0) is 4.79 Å². The fourth-order valence-corrected chi connectivity index (χ4v) is 2.48. The van der Waals surface area contributed by atoms with Crippen LogP contribution in [0.3, 0.4) is 0 Å². The zero-order valence-electron chi connectivity index (χ0n) is 8.61. The van der Waals surface area contributed by atoms with E-state index in [1.165, 1.54) is 12.8 Å². The van der Waals surface area contributed by atoms with Crippen LogP contribution in [-0.4, -0.2) is 40.6 Å². The van der Waals surface area contributed by atoms with E-state index in [1.807, 2.05) is 0 Å². The van der Waals surface area contributed by atoms with Gasteiger partial charge in [-0.25, -0.2) is 4.79 Å². The summed E-state index contributed by atoms with van der Waals surface area (Å²) in [5.74, 6) is -0.853. The van der Waals surface area contributed by atoms with Crippen LogP contribution in [0, 0.1) is 0 Å². The molecule has 1 aliphatic heterocycles. The number of carboxylic acid groups (broad SMARTS) is 1. The number of hydrogen-bond donors (Lipinski definition) is 2. The zero-order valence-corrected chi connectivity index (χ0v) is 8.61. The van der Waals surface area contributed by atoms with Crippen LogP contribution in [0.5, 0.6) is 0 Å². The quantitative estimate of drug-likeness (QED) is 0.727. The first-order valence-electron chi connectivity index (χ1n) is 5.46. The van der Waals surface area contributed by atoms with Gasteiger partial charge in [-0.05, 0) is 12.8 Å². The van der Waals surface area contributed by atoms with E-state index >= 15 is 0 Å². The fourth-order valence-electron chi connectivity index (χ4n) is 2.48. The molecule has 5 heteroatoms. The Kier molecular flexibility index (Phi) is 2.79. The van der Waals surface area contributed by atoms with Gasteiger partial charge in [0.1, 0.15) is 0 Å². The predicted molar refractivity (Wildman–Crippen MR) is 53.5 cm³/mol. The smallest absolute Gasteiger partial charge is 0.318 e. The van der Waals surface area contributed by atoms with Gasteiger partial charge in [0, 0.05) is 12.6 Å². The molecule has 1 saturated heterocycles. The second-order valence-corrected chi connectivity index (χ2v) is 4.33. The summed E-state index contributed by atoms with van der Waals surface area (Å²) in [4.78, 5) is 23.9. The number of amides is 2. The van der Waals surface area contributed by atoms with Crippen LogP contribution in [0.1, 0.15) is 32.1 Å². The average molecular weight is 212 g/mol. The molecule has 0 radical (unpaired) electrons. The van der Waals surface area contributed by atoms with Gasteiger partial charge in [-0.15, -0.1) is 0 Å². The minimum Gasteiger partial charge on any atom is -0.481 e.